The highest BCUT2D eigenvalue weighted by Crippen LogP contribution is 2.38. The Kier molecular flexibility index (Phi) is 4.88. The zero-order chi connectivity index (χ0) is 15.5. The fourth-order valence-corrected chi connectivity index (χ4v) is 2.58. The fraction of sp³-hybridized carbons (Fsp3) is 0.588. The molecule has 1 aromatic rings. The molecule has 0 radical (unpaired) electrons. The Morgan fingerprint density at radius 1 is 1.38 bits per heavy atom. The number of carbonyl (C=O) groups excluding carboxylic acids is 1. The summed E-state index contributed by atoms with van der Waals surface area (Å²) in [6.45, 7) is 9.39. The molecule has 1 aliphatic rings. The van der Waals surface area contributed by atoms with Crippen molar-refractivity contribution < 1.29 is 9.53 Å². The number of amides is 1. The summed E-state index contributed by atoms with van der Waals surface area (Å²) in [5.41, 5.74) is 0.911. The Morgan fingerprint density at radius 2 is 2.10 bits per heavy atom. The smallest absolute Gasteiger partial charge is 0.233 e. The van der Waals surface area contributed by atoms with Gasteiger partial charge in [-0.3, -0.25) is 4.79 Å². The average Bonchev–Trinajstić information content (AvgIpc) is 2.41. The van der Waals surface area contributed by atoms with Gasteiger partial charge in [-0.1, -0.05) is 32.0 Å². The molecule has 4 nitrogen and oxygen atoms in total. The standard InChI is InChI=1S/C17H26N2O2/c1-12(2)10-19-16(20)11-18-14-9-17(3,4)21-15-8-6-5-7-13(14)15/h5-8,12,14,18H,9-11H2,1-4H3,(H,19,20). The predicted octanol–water partition coefficient (Wildman–Crippen LogP) is 2.65. The van der Waals surface area contributed by atoms with Crippen molar-refractivity contribution in [1.82, 2.24) is 10.6 Å². The van der Waals surface area contributed by atoms with Crippen molar-refractivity contribution in [1.29, 1.82) is 0 Å². The first kappa shape index (κ1) is 15.8. The number of rotatable bonds is 5. The van der Waals surface area contributed by atoms with Crippen LogP contribution in [0, 0.1) is 5.92 Å². The summed E-state index contributed by atoms with van der Waals surface area (Å²) in [5, 5.41) is 6.30. The van der Waals surface area contributed by atoms with Crippen molar-refractivity contribution in [2.75, 3.05) is 13.1 Å². The van der Waals surface area contributed by atoms with Gasteiger partial charge in [0.2, 0.25) is 5.91 Å². The number of nitrogens with one attached hydrogen (secondary N) is 2. The molecule has 1 aliphatic heterocycles. The van der Waals surface area contributed by atoms with Crippen LogP contribution in [0.3, 0.4) is 0 Å². The molecule has 0 bridgehead atoms. The highest BCUT2D eigenvalue weighted by molar-refractivity contribution is 5.78. The SMILES string of the molecule is CC(C)CNC(=O)CNC1CC(C)(C)Oc2ccccc21. The summed E-state index contributed by atoms with van der Waals surface area (Å²) in [5.74, 6) is 1.43. The van der Waals surface area contributed by atoms with E-state index in [2.05, 4.69) is 44.4 Å². The van der Waals surface area contributed by atoms with E-state index >= 15 is 0 Å². The molecular weight excluding hydrogens is 264 g/mol. The van der Waals surface area contributed by atoms with E-state index in [0.717, 1.165) is 24.3 Å². The maximum absolute atomic E-state index is 11.9. The summed E-state index contributed by atoms with van der Waals surface area (Å²) in [4.78, 5) is 11.9. The van der Waals surface area contributed by atoms with Gasteiger partial charge < -0.3 is 15.4 Å². The molecule has 0 saturated heterocycles. The van der Waals surface area contributed by atoms with E-state index in [4.69, 9.17) is 4.74 Å². The third-order valence-corrected chi connectivity index (χ3v) is 3.59. The van der Waals surface area contributed by atoms with Gasteiger partial charge in [0, 0.05) is 24.6 Å². The Hall–Kier alpha value is -1.55. The van der Waals surface area contributed by atoms with E-state index in [1.54, 1.807) is 0 Å². The third kappa shape index (κ3) is 4.46. The molecule has 4 heteroatoms. The fourth-order valence-electron chi connectivity index (χ4n) is 2.58. The quantitative estimate of drug-likeness (QED) is 0.876. The molecule has 0 fully saturated rings. The second-order valence-electron chi connectivity index (χ2n) is 6.74. The van der Waals surface area contributed by atoms with E-state index in [0.29, 0.717) is 12.5 Å². The van der Waals surface area contributed by atoms with Gasteiger partial charge in [-0.2, -0.15) is 0 Å². The maximum Gasteiger partial charge on any atom is 0.233 e. The van der Waals surface area contributed by atoms with Crippen LogP contribution in [0.15, 0.2) is 24.3 Å². The molecule has 1 amide bonds. The Labute approximate surface area is 127 Å². The van der Waals surface area contributed by atoms with Crippen molar-refractivity contribution >= 4 is 5.91 Å². The molecule has 0 aromatic heterocycles. The molecule has 1 atom stereocenters. The lowest BCUT2D eigenvalue weighted by molar-refractivity contribution is -0.120. The summed E-state index contributed by atoms with van der Waals surface area (Å²) >= 11 is 0. The first-order valence-electron chi connectivity index (χ1n) is 7.65. The number of benzene rings is 1. The topological polar surface area (TPSA) is 50.4 Å². The second kappa shape index (κ2) is 6.48. The number of hydrogen-bond acceptors (Lipinski definition) is 3. The molecule has 116 valence electrons. The van der Waals surface area contributed by atoms with Crippen molar-refractivity contribution in [2.45, 2.75) is 45.8 Å². The molecule has 1 unspecified atom stereocenters. The predicted molar refractivity (Wildman–Crippen MR) is 84.4 cm³/mol. The molecule has 1 aromatic carbocycles. The lowest BCUT2D eigenvalue weighted by Crippen LogP contribution is -2.43. The largest absolute Gasteiger partial charge is 0.487 e. The summed E-state index contributed by atoms with van der Waals surface area (Å²) < 4.78 is 5.99. The maximum atomic E-state index is 11.9. The molecule has 2 N–H and O–H groups in total. The van der Waals surface area contributed by atoms with Crippen LogP contribution in [0.2, 0.25) is 0 Å². The first-order chi connectivity index (χ1) is 9.87. The minimum Gasteiger partial charge on any atom is -0.487 e. The lowest BCUT2D eigenvalue weighted by Gasteiger charge is -2.38. The van der Waals surface area contributed by atoms with Gasteiger partial charge in [0.15, 0.2) is 0 Å². The van der Waals surface area contributed by atoms with Gasteiger partial charge >= 0.3 is 0 Å². The highest BCUT2D eigenvalue weighted by Gasteiger charge is 2.33. The Morgan fingerprint density at radius 3 is 2.81 bits per heavy atom. The zero-order valence-corrected chi connectivity index (χ0v) is 13.4. The number of para-hydroxylation sites is 1. The van der Waals surface area contributed by atoms with Crippen molar-refractivity contribution in [2.24, 2.45) is 5.92 Å². The van der Waals surface area contributed by atoms with E-state index in [1.165, 1.54) is 0 Å². The Balaban J connectivity index is 1.98. The molecule has 0 spiro atoms. The van der Waals surface area contributed by atoms with Gasteiger partial charge in [0.25, 0.3) is 0 Å². The second-order valence-corrected chi connectivity index (χ2v) is 6.74. The van der Waals surface area contributed by atoms with E-state index in [1.807, 2.05) is 18.2 Å². The first-order valence-corrected chi connectivity index (χ1v) is 7.65. The van der Waals surface area contributed by atoms with Crippen molar-refractivity contribution in [3.63, 3.8) is 0 Å². The van der Waals surface area contributed by atoms with Crippen LogP contribution >= 0.6 is 0 Å². The highest BCUT2D eigenvalue weighted by atomic mass is 16.5. The molecular formula is C17H26N2O2. The van der Waals surface area contributed by atoms with Crippen LogP contribution in [0.1, 0.15) is 45.7 Å². The van der Waals surface area contributed by atoms with Gasteiger partial charge in [0.1, 0.15) is 11.4 Å². The van der Waals surface area contributed by atoms with Crippen LogP contribution in [-0.4, -0.2) is 24.6 Å². The van der Waals surface area contributed by atoms with Gasteiger partial charge in [-0.25, -0.2) is 0 Å². The molecule has 21 heavy (non-hydrogen) atoms. The number of fused-ring (bicyclic) bond motifs is 1. The molecule has 0 aliphatic carbocycles. The van der Waals surface area contributed by atoms with Crippen LogP contribution < -0.4 is 15.4 Å². The number of carbonyl (C=O) groups is 1. The van der Waals surface area contributed by atoms with E-state index < -0.39 is 0 Å². The molecule has 0 saturated carbocycles. The summed E-state index contributed by atoms with van der Waals surface area (Å²) in [7, 11) is 0. The van der Waals surface area contributed by atoms with E-state index in [9.17, 15) is 4.79 Å². The van der Waals surface area contributed by atoms with Crippen LogP contribution in [0.5, 0.6) is 5.75 Å². The summed E-state index contributed by atoms with van der Waals surface area (Å²) in [6.07, 6.45) is 0.849. The minimum absolute atomic E-state index is 0.0467. The lowest BCUT2D eigenvalue weighted by atomic mass is 9.90. The summed E-state index contributed by atoms with van der Waals surface area (Å²) in [6, 6.07) is 8.19. The van der Waals surface area contributed by atoms with Gasteiger partial charge in [0.05, 0.1) is 6.54 Å². The third-order valence-electron chi connectivity index (χ3n) is 3.59. The normalized spacial score (nSPS) is 19.8. The van der Waals surface area contributed by atoms with Gasteiger partial charge in [-0.05, 0) is 25.8 Å². The van der Waals surface area contributed by atoms with Crippen LogP contribution in [-0.2, 0) is 4.79 Å². The van der Waals surface area contributed by atoms with E-state index in [-0.39, 0.29) is 17.6 Å². The number of ether oxygens (including phenoxy) is 1. The average molecular weight is 290 g/mol. The van der Waals surface area contributed by atoms with Crippen LogP contribution in [0.25, 0.3) is 0 Å². The minimum atomic E-state index is -0.222. The van der Waals surface area contributed by atoms with Crippen molar-refractivity contribution in [3.05, 3.63) is 29.8 Å². The van der Waals surface area contributed by atoms with Gasteiger partial charge in [-0.15, -0.1) is 0 Å². The molecule has 1 heterocycles. The monoisotopic (exact) mass is 290 g/mol. The Bertz CT molecular complexity index is 497. The van der Waals surface area contributed by atoms with Crippen molar-refractivity contribution in [3.8, 4) is 5.75 Å². The van der Waals surface area contributed by atoms with Crippen LogP contribution in [0.4, 0.5) is 0 Å². The molecule has 2 rings (SSSR count). The zero-order valence-electron chi connectivity index (χ0n) is 13.4. The number of hydrogen-bond donors (Lipinski definition) is 2.